The average Bonchev–Trinajstić information content (AvgIpc) is 2.73. The molecule has 3 aromatic rings. The molecule has 1 aromatic heterocycles. The summed E-state index contributed by atoms with van der Waals surface area (Å²) in [5.41, 5.74) is 4.47. The van der Waals surface area contributed by atoms with Gasteiger partial charge in [0, 0.05) is 31.7 Å². The second kappa shape index (κ2) is 7.60. The fraction of sp³-hybridized carbons (Fsp3) is 0.304. The first kappa shape index (κ1) is 18.4. The lowest BCUT2D eigenvalue weighted by Crippen LogP contribution is -2.48. The Morgan fingerprint density at radius 2 is 1.96 bits per heavy atom. The van der Waals surface area contributed by atoms with Gasteiger partial charge in [0.25, 0.3) is 0 Å². The van der Waals surface area contributed by atoms with Gasteiger partial charge in [-0.15, -0.1) is 0 Å². The van der Waals surface area contributed by atoms with Gasteiger partial charge in [-0.1, -0.05) is 36.4 Å². The minimum atomic E-state index is -0.137. The second-order valence-electron chi connectivity index (χ2n) is 7.42. The van der Waals surface area contributed by atoms with E-state index in [2.05, 4.69) is 28.1 Å². The van der Waals surface area contributed by atoms with Crippen molar-refractivity contribution in [3.8, 4) is 5.75 Å². The molecule has 0 unspecified atom stereocenters. The highest BCUT2D eigenvalue weighted by atomic mass is 16.5. The van der Waals surface area contributed by atoms with E-state index in [9.17, 15) is 4.79 Å². The van der Waals surface area contributed by atoms with Crippen molar-refractivity contribution in [3.63, 3.8) is 0 Å². The van der Waals surface area contributed by atoms with Crippen molar-refractivity contribution in [3.05, 3.63) is 71.4 Å². The van der Waals surface area contributed by atoms with E-state index in [1.165, 1.54) is 11.1 Å². The number of ether oxygens (including phenoxy) is 1. The van der Waals surface area contributed by atoms with E-state index in [0.29, 0.717) is 6.54 Å². The number of carbonyl (C=O) groups is 1. The van der Waals surface area contributed by atoms with Gasteiger partial charge in [-0.25, -0.2) is 0 Å². The first-order chi connectivity index (χ1) is 13.6. The lowest BCUT2D eigenvalue weighted by molar-refractivity contribution is -0.136. The van der Waals surface area contributed by atoms with Crippen LogP contribution < -0.4 is 4.74 Å². The summed E-state index contributed by atoms with van der Waals surface area (Å²) in [4.78, 5) is 21.7. The summed E-state index contributed by atoms with van der Waals surface area (Å²) in [5.74, 6) is 0.891. The van der Waals surface area contributed by atoms with Crippen LogP contribution >= 0.6 is 0 Å². The number of hydrogen-bond donors (Lipinski definition) is 0. The maximum absolute atomic E-state index is 13.2. The van der Waals surface area contributed by atoms with Crippen molar-refractivity contribution in [2.45, 2.75) is 25.6 Å². The van der Waals surface area contributed by atoms with Crippen LogP contribution in [0.3, 0.4) is 0 Å². The van der Waals surface area contributed by atoms with E-state index in [4.69, 9.17) is 4.74 Å². The van der Waals surface area contributed by atoms with Gasteiger partial charge in [0.15, 0.2) is 0 Å². The Morgan fingerprint density at radius 3 is 2.75 bits per heavy atom. The summed E-state index contributed by atoms with van der Waals surface area (Å²) in [6, 6.07) is 16.1. The standard InChI is InChI=1S/C23H25N3O2/c1-25-14-17-8-5-4-7-16(17)13-20(25)23(27)26(2)15-18-10-11-21(28-3)22-19(18)9-6-12-24-22/h4-12,20H,13-15H2,1-3H3/t20-/m0/s1. The molecule has 0 saturated carbocycles. The number of fused-ring (bicyclic) bond motifs is 2. The fourth-order valence-electron chi connectivity index (χ4n) is 4.03. The third-order valence-electron chi connectivity index (χ3n) is 5.60. The van der Waals surface area contributed by atoms with E-state index >= 15 is 0 Å². The number of likely N-dealkylation sites (N-methyl/N-ethyl adjacent to an activating group) is 2. The number of aromatic nitrogens is 1. The van der Waals surface area contributed by atoms with Gasteiger partial charge < -0.3 is 9.64 Å². The first-order valence-electron chi connectivity index (χ1n) is 9.51. The van der Waals surface area contributed by atoms with Crippen LogP contribution in [0.4, 0.5) is 0 Å². The van der Waals surface area contributed by atoms with Crippen LogP contribution in [-0.2, 0) is 24.3 Å². The highest BCUT2D eigenvalue weighted by Gasteiger charge is 2.31. The lowest BCUT2D eigenvalue weighted by atomic mass is 9.93. The number of nitrogens with zero attached hydrogens (tertiary/aromatic N) is 3. The van der Waals surface area contributed by atoms with E-state index in [1.807, 2.05) is 49.3 Å². The Labute approximate surface area is 165 Å². The molecule has 0 saturated heterocycles. The molecule has 1 aliphatic heterocycles. The SMILES string of the molecule is COc1ccc(CN(C)C(=O)[C@@H]2Cc3ccccc3CN2C)c2cccnc12. The Hall–Kier alpha value is -2.92. The second-order valence-corrected chi connectivity index (χ2v) is 7.42. The largest absolute Gasteiger partial charge is 0.494 e. The minimum Gasteiger partial charge on any atom is -0.494 e. The molecule has 5 nitrogen and oxygen atoms in total. The summed E-state index contributed by atoms with van der Waals surface area (Å²) >= 11 is 0. The molecule has 0 N–H and O–H groups in total. The van der Waals surface area contributed by atoms with Gasteiger partial charge in [-0.3, -0.25) is 14.7 Å². The van der Waals surface area contributed by atoms with E-state index < -0.39 is 0 Å². The third-order valence-corrected chi connectivity index (χ3v) is 5.60. The number of carbonyl (C=O) groups excluding carboxylic acids is 1. The zero-order valence-corrected chi connectivity index (χ0v) is 16.6. The molecule has 1 atom stereocenters. The van der Waals surface area contributed by atoms with Crippen LogP contribution in [0.1, 0.15) is 16.7 Å². The molecule has 2 heterocycles. The minimum absolute atomic E-state index is 0.137. The molecule has 2 aromatic carbocycles. The van der Waals surface area contributed by atoms with Gasteiger partial charge >= 0.3 is 0 Å². The number of pyridine rings is 1. The molecule has 0 radical (unpaired) electrons. The topological polar surface area (TPSA) is 45.7 Å². The molecular weight excluding hydrogens is 350 g/mol. The normalized spacial score (nSPS) is 16.6. The van der Waals surface area contributed by atoms with Crippen LogP contribution in [0.25, 0.3) is 10.9 Å². The number of amides is 1. The maximum atomic E-state index is 13.2. The number of methoxy groups -OCH3 is 1. The Morgan fingerprint density at radius 1 is 1.18 bits per heavy atom. The average molecular weight is 375 g/mol. The molecule has 0 spiro atoms. The molecule has 4 rings (SSSR count). The number of hydrogen-bond acceptors (Lipinski definition) is 4. The van der Waals surface area contributed by atoms with Gasteiger partial charge in [-0.2, -0.15) is 0 Å². The van der Waals surface area contributed by atoms with Crippen LogP contribution in [0.2, 0.25) is 0 Å². The Balaban J connectivity index is 1.57. The summed E-state index contributed by atoms with van der Waals surface area (Å²) < 4.78 is 5.43. The van der Waals surface area contributed by atoms with Crippen molar-refractivity contribution in [1.29, 1.82) is 0 Å². The summed E-state index contributed by atoms with van der Waals surface area (Å²) in [6.07, 6.45) is 2.51. The predicted octanol–water partition coefficient (Wildman–Crippen LogP) is 3.26. The van der Waals surface area contributed by atoms with Crippen molar-refractivity contribution < 1.29 is 9.53 Å². The van der Waals surface area contributed by atoms with Gasteiger partial charge in [0.2, 0.25) is 5.91 Å². The monoisotopic (exact) mass is 375 g/mol. The predicted molar refractivity (Wildman–Crippen MR) is 110 cm³/mol. The van der Waals surface area contributed by atoms with Crippen LogP contribution in [0.15, 0.2) is 54.7 Å². The Bertz CT molecular complexity index is 1020. The number of rotatable bonds is 4. The van der Waals surface area contributed by atoms with Crippen molar-refractivity contribution in [2.24, 2.45) is 0 Å². The third kappa shape index (κ3) is 3.34. The van der Waals surface area contributed by atoms with E-state index in [-0.39, 0.29) is 11.9 Å². The van der Waals surface area contributed by atoms with Crippen molar-refractivity contribution in [1.82, 2.24) is 14.8 Å². The van der Waals surface area contributed by atoms with E-state index in [0.717, 1.165) is 35.2 Å². The van der Waals surface area contributed by atoms with E-state index in [1.54, 1.807) is 13.3 Å². The molecule has 0 aliphatic carbocycles. The summed E-state index contributed by atoms with van der Waals surface area (Å²) in [6.45, 7) is 1.34. The lowest BCUT2D eigenvalue weighted by Gasteiger charge is -2.35. The molecule has 1 amide bonds. The summed E-state index contributed by atoms with van der Waals surface area (Å²) in [5, 5.41) is 1.02. The molecule has 28 heavy (non-hydrogen) atoms. The van der Waals surface area contributed by atoms with Gasteiger partial charge in [0.05, 0.1) is 13.2 Å². The quantitative estimate of drug-likeness (QED) is 0.702. The fourth-order valence-corrected chi connectivity index (χ4v) is 4.03. The summed E-state index contributed by atoms with van der Waals surface area (Å²) in [7, 11) is 5.55. The smallest absolute Gasteiger partial charge is 0.240 e. The zero-order valence-electron chi connectivity index (χ0n) is 16.6. The number of benzene rings is 2. The molecule has 5 heteroatoms. The van der Waals surface area contributed by atoms with Gasteiger partial charge in [-0.05, 0) is 42.3 Å². The first-order valence-corrected chi connectivity index (χ1v) is 9.51. The van der Waals surface area contributed by atoms with Crippen molar-refractivity contribution in [2.75, 3.05) is 21.2 Å². The van der Waals surface area contributed by atoms with Crippen molar-refractivity contribution >= 4 is 16.8 Å². The molecule has 0 fully saturated rings. The zero-order chi connectivity index (χ0) is 19.7. The highest BCUT2D eigenvalue weighted by molar-refractivity contribution is 5.88. The molecular formula is C23H25N3O2. The van der Waals surface area contributed by atoms with Crippen LogP contribution in [-0.4, -0.2) is 47.9 Å². The van der Waals surface area contributed by atoms with Crippen LogP contribution in [0.5, 0.6) is 5.75 Å². The molecule has 144 valence electrons. The molecule has 1 aliphatic rings. The van der Waals surface area contributed by atoms with Gasteiger partial charge in [0.1, 0.15) is 11.3 Å². The van der Waals surface area contributed by atoms with Crippen LogP contribution in [0, 0.1) is 0 Å². The maximum Gasteiger partial charge on any atom is 0.240 e. The highest BCUT2D eigenvalue weighted by Crippen LogP contribution is 2.28. The molecule has 0 bridgehead atoms. The Kier molecular flexibility index (Phi) is 5.01.